The number of ether oxygens (including phenoxy) is 1. The van der Waals surface area contributed by atoms with Crippen molar-refractivity contribution >= 4 is 5.91 Å². The molecule has 76 valence electrons. The third-order valence-corrected chi connectivity index (χ3v) is 1.87. The van der Waals surface area contributed by atoms with E-state index in [1.54, 1.807) is 31.4 Å². The summed E-state index contributed by atoms with van der Waals surface area (Å²) < 4.78 is 4.98. The number of primary amides is 1. The van der Waals surface area contributed by atoms with Gasteiger partial charge in [-0.1, -0.05) is 12.1 Å². The summed E-state index contributed by atoms with van der Waals surface area (Å²) >= 11 is 0. The smallest absolute Gasteiger partial charge is 0.220 e. The van der Waals surface area contributed by atoms with Crippen molar-refractivity contribution in [3.8, 4) is 5.75 Å². The highest BCUT2D eigenvalue weighted by Crippen LogP contribution is 2.20. The van der Waals surface area contributed by atoms with E-state index in [9.17, 15) is 9.90 Å². The first kappa shape index (κ1) is 10.5. The summed E-state index contributed by atoms with van der Waals surface area (Å²) in [5.74, 6) is 0.117. The fraction of sp³-hybridized carbons (Fsp3) is 0.300. The van der Waals surface area contributed by atoms with Crippen molar-refractivity contribution in [2.24, 2.45) is 5.73 Å². The van der Waals surface area contributed by atoms with Crippen LogP contribution in [0.2, 0.25) is 0 Å². The van der Waals surface area contributed by atoms with E-state index in [-0.39, 0.29) is 6.42 Å². The van der Waals surface area contributed by atoms with Crippen LogP contribution in [0.5, 0.6) is 5.75 Å². The zero-order valence-electron chi connectivity index (χ0n) is 7.93. The van der Waals surface area contributed by atoms with E-state index < -0.39 is 12.0 Å². The van der Waals surface area contributed by atoms with Crippen LogP contribution >= 0.6 is 0 Å². The summed E-state index contributed by atoms with van der Waals surface area (Å²) in [4.78, 5) is 10.6. The Morgan fingerprint density at radius 3 is 2.93 bits per heavy atom. The molecule has 0 fully saturated rings. The highest BCUT2D eigenvalue weighted by Gasteiger charge is 2.10. The number of aliphatic hydroxyl groups is 1. The molecule has 0 saturated heterocycles. The molecule has 3 N–H and O–H groups in total. The lowest BCUT2D eigenvalue weighted by Gasteiger charge is -2.09. The fourth-order valence-corrected chi connectivity index (χ4v) is 1.16. The first-order valence-corrected chi connectivity index (χ1v) is 4.24. The molecule has 0 radical (unpaired) electrons. The minimum absolute atomic E-state index is 0.0762. The largest absolute Gasteiger partial charge is 0.497 e. The molecule has 0 heterocycles. The van der Waals surface area contributed by atoms with E-state index in [0.717, 1.165) is 0 Å². The Morgan fingerprint density at radius 2 is 2.36 bits per heavy atom. The van der Waals surface area contributed by atoms with Crippen LogP contribution in [-0.4, -0.2) is 18.1 Å². The summed E-state index contributed by atoms with van der Waals surface area (Å²) in [5.41, 5.74) is 5.60. The van der Waals surface area contributed by atoms with Gasteiger partial charge in [0.25, 0.3) is 0 Å². The van der Waals surface area contributed by atoms with Gasteiger partial charge in [-0.2, -0.15) is 0 Å². The number of nitrogens with two attached hydrogens (primary N) is 1. The maximum absolute atomic E-state index is 10.6. The summed E-state index contributed by atoms with van der Waals surface area (Å²) in [6.07, 6.45) is -0.935. The van der Waals surface area contributed by atoms with Crippen LogP contribution in [0.3, 0.4) is 0 Å². The topological polar surface area (TPSA) is 72.6 Å². The molecule has 1 aromatic rings. The van der Waals surface area contributed by atoms with Gasteiger partial charge in [-0.25, -0.2) is 0 Å². The number of methoxy groups -OCH3 is 1. The number of hydrogen-bond acceptors (Lipinski definition) is 3. The van der Waals surface area contributed by atoms with Crippen molar-refractivity contribution in [3.63, 3.8) is 0 Å². The Bertz CT molecular complexity index is 325. The summed E-state index contributed by atoms with van der Waals surface area (Å²) in [5, 5.41) is 9.55. The van der Waals surface area contributed by atoms with Crippen LogP contribution in [-0.2, 0) is 4.79 Å². The molecule has 4 nitrogen and oxygen atoms in total. The molecule has 0 aliphatic rings. The van der Waals surface area contributed by atoms with Crippen molar-refractivity contribution in [1.82, 2.24) is 0 Å². The van der Waals surface area contributed by atoms with Gasteiger partial charge in [-0.3, -0.25) is 4.79 Å². The molecule has 1 atom stereocenters. The number of carbonyl (C=O) groups is 1. The molecule has 0 bridgehead atoms. The van der Waals surface area contributed by atoms with Crippen LogP contribution in [0.25, 0.3) is 0 Å². The number of rotatable bonds is 4. The van der Waals surface area contributed by atoms with Crippen molar-refractivity contribution in [2.75, 3.05) is 7.11 Å². The maximum Gasteiger partial charge on any atom is 0.220 e. The molecular formula is C10H13NO3. The highest BCUT2D eigenvalue weighted by molar-refractivity contribution is 5.74. The van der Waals surface area contributed by atoms with Crippen molar-refractivity contribution in [3.05, 3.63) is 29.8 Å². The molecule has 4 heteroatoms. The summed E-state index contributed by atoms with van der Waals surface area (Å²) in [6.45, 7) is 0. The van der Waals surface area contributed by atoms with Crippen LogP contribution < -0.4 is 10.5 Å². The predicted octanol–water partition coefficient (Wildman–Crippen LogP) is 0.604. The van der Waals surface area contributed by atoms with E-state index in [1.807, 2.05) is 0 Å². The Kier molecular flexibility index (Phi) is 3.48. The summed E-state index contributed by atoms with van der Waals surface area (Å²) in [7, 11) is 1.54. The minimum Gasteiger partial charge on any atom is -0.497 e. The van der Waals surface area contributed by atoms with Crippen molar-refractivity contribution in [1.29, 1.82) is 0 Å². The van der Waals surface area contributed by atoms with Gasteiger partial charge >= 0.3 is 0 Å². The average Bonchev–Trinajstić information content (AvgIpc) is 2.17. The van der Waals surface area contributed by atoms with Crippen LogP contribution in [0.4, 0.5) is 0 Å². The molecule has 0 aliphatic heterocycles. The zero-order valence-corrected chi connectivity index (χ0v) is 7.93. The molecular weight excluding hydrogens is 182 g/mol. The second-order valence-electron chi connectivity index (χ2n) is 2.96. The van der Waals surface area contributed by atoms with Crippen LogP contribution in [0, 0.1) is 0 Å². The van der Waals surface area contributed by atoms with E-state index in [4.69, 9.17) is 10.5 Å². The number of hydrogen-bond donors (Lipinski definition) is 2. The summed E-state index contributed by atoms with van der Waals surface area (Å²) in [6, 6.07) is 6.91. The SMILES string of the molecule is COc1cccc(C(O)CC(N)=O)c1. The molecule has 14 heavy (non-hydrogen) atoms. The minimum atomic E-state index is -0.859. The van der Waals surface area contributed by atoms with Gasteiger partial charge in [0, 0.05) is 0 Å². The van der Waals surface area contributed by atoms with Crippen LogP contribution in [0.1, 0.15) is 18.1 Å². The predicted molar refractivity (Wildman–Crippen MR) is 51.8 cm³/mol. The molecule has 0 spiro atoms. The Morgan fingerprint density at radius 1 is 1.64 bits per heavy atom. The molecule has 1 unspecified atom stereocenters. The number of benzene rings is 1. The zero-order chi connectivity index (χ0) is 10.6. The average molecular weight is 195 g/mol. The molecule has 1 aromatic carbocycles. The molecule has 1 rings (SSSR count). The monoisotopic (exact) mass is 195 g/mol. The third-order valence-electron chi connectivity index (χ3n) is 1.87. The lowest BCUT2D eigenvalue weighted by molar-refractivity contribution is -0.119. The van der Waals surface area contributed by atoms with E-state index in [1.165, 1.54) is 0 Å². The van der Waals surface area contributed by atoms with Gasteiger partial charge in [-0.05, 0) is 17.7 Å². The van der Waals surface area contributed by atoms with Crippen LogP contribution in [0.15, 0.2) is 24.3 Å². The van der Waals surface area contributed by atoms with Gasteiger partial charge in [0.1, 0.15) is 5.75 Å². The number of amides is 1. The van der Waals surface area contributed by atoms with E-state index in [0.29, 0.717) is 11.3 Å². The van der Waals surface area contributed by atoms with Gasteiger partial charge < -0.3 is 15.6 Å². The van der Waals surface area contributed by atoms with Gasteiger partial charge in [-0.15, -0.1) is 0 Å². The lowest BCUT2D eigenvalue weighted by Crippen LogP contribution is -2.14. The quantitative estimate of drug-likeness (QED) is 0.739. The van der Waals surface area contributed by atoms with Gasteiger partial charge in [0.2, 0.25) is 5.91 Å². The lowest BCUT2D eigenvalue weighted by atomic mass is 10.1. The van der Waals surface area contributed by atoms with E-state index in [2.05, 4.69) is 0 Å². The van der Waals surface area contributed by atoms with Gasteiger partial charge in [0.05, 0.1) is 19.6 Å². The van der Waals surface area contributed by atoms with Crippen molar-refractivity contribution in [2.45, 2.75) is 12.5 Å². The normalized spacial score (nSPS) is 12.1. The maximum atomic E-state index is 10.6. The first-order valence-electron chi connectivity index (χ1n) is 4.24. The highest BCUT2D eigenvalue weighted by atomic mass is 16.5. The molecule has 0 saturated carbocycles. The molecule has 1 amide bonds. The molecule has 0 aliphatic carbocycles. The second-order valence-corrected chi connectivity index (χ2v) is 2.96. The van der Waals surface area contributed by atoms with Crippen molar-refractivity contribution < 1.29 is 14.6 Å². The first-order chi connectivity index (χ1) is 6.63. The number of carbonyl (C=O) groups excluding carboxylic acids is 1. The molecule has 0 aromatic heterocycles. The Hall–Kier alpha value is -1.55. The third kappa shape index (κ3) is 2.74. The van der Waals surface area contributed by atoms with E-state index >= 15 is 0 Å². The Balaban J connectivity index is 2.78. The Labute approximate surface area is 82.3 Å². The standard InChI is InChI=1S/C10H13NO3/c1-14-8-4-2-3-7(5-8)9(12)6-10(11)13/h2-5,9,12H,6H2,1H3,(H2,11,13). The fourth-order valence-electron chi connectivity index (χ4n) is 1.16. The second kappa shape index (κ2) is 4.62. The number of aliphatic hydroxyl groups excluding tert-OH is 1. The van der Waals surface area contributed by atoms with Gasteiger partial charge in [0.15, 0.2) is 0 Å².